The van der Waals surface area contributed by atoms with Crippen LogP contribution >= 0.6 is 0 Å². The molecule has 0 heterocycles. The van der Waals surface area contributed by atoms with Gasteiger partial charge in [0.2, 0.25) is 0 Å². The van der Waals surface area contributed by atoms with Gasteiger partial charge in [-0.05, 0) is 0 Å². The predicted molar refractivity (Wildman–Crippen MR) is 38.4 cm³/mol. The van der Waals surface area contributed by atoms with Crippen LogP contribution in [0.15, 0.2) is 0 Å². The third-order valence-corrected chi connectivity index (χ3v) is 0. The van der Waals surface area contributed by atoms with Crippen molar-refractivity contribution in [2.24, 2.45) is 0 Å². The summed E-state index contributed by atoms with van der Waals surface area (Å²) in [7, 11) is 0. The van der Waals surface area contributed by atoms with E-state index in [1.165, 1.54) is 0 Å². The van der Waals surface area contributed by atoms with Gasteiger partial charge in [0, 0.05) is 0 Å². The minimum absolute atomic E-state index is 0. The van der Waals surface area contributed by atoms with Crippen molar-refractivity contribution in [1.82, 2.24) is 0 Å². The van der Waals surface area contributed by atoms with Crippen molar-refractivity contribution in [3.63, 3.8) is 0 Å². The molecule has 0 saturated carbocycles. The van der Waals surface area contributed by atoms with Crippen molar-refractivity contribution in [2.75, 3.05) is 0 Å². The Labute approximate surface area is 76.8 Å². The Morgan fingerprint density at radius 3 is 0.700 bits per heavy atom. The number of rotatable bonds is 0. The van der Waals surface area contributed by atoms with E-state index < -0.39 is 12.3 Å². The molecular formula is C2H8O6Se2. The zero-order valence-corrected chi connectivity index (χ0v) is 8.80. The zero-order chi connectivity index (χ0) is 7.15. The van der Waals surface area contributed by atoms with E-state index in [2.05, 4.69) is 0 Å². The van der Waals surface area contributed by atoms with E-state index in [4.69, 9.17) is 30.0 Å². The number of hydrogen-bond donors (Lipinski definition) is 4. The Kier molecular flexibility index (Phi) is 35.9. The summed E-state index contributed by atoms with van der Waals surface area (Å²) in [5, 5.41) is 27.9. The van der Waals surface area contributed by atoms with Gasteiger partial charge in [0.05, 0.1) is 0 Å². The average molecular weight is 286 g/mol. The molecule has 0 spiro atoms. The molecule has 4 N–H and O–H groups in total. The molecule has 0 bridgehead atoms. The molecule has 8 heteroatoms. The topological polar surface area (TPSA) is 115 Å². The Balaban J connectivity index is -0.0000000300. The van der Waals surface area contributed by atoms with Gasteiger partial charge >= 0.3 is 46.4 Å². The molecule has 0 aromatic carbocycles. The Morgan fingerprint density at radius 1 is 0.700 bits per heavy atom. The molecule has 6 nitrogen and oxygen atoms in total. The summed E-state index contributed by atoms with van der Waals surface area (Å²) in [5.41, 5.74) is 0. The fraction of sp³-hybridized carbons (Fsp3) is 0. The van der Waals surface area contributed by atoms with E-state index in [1.54, 1.807) is 0 Å². The van der Waals surface area contributed by atoms with Crippen molar-refractivity contribution in [3.05, 3.63) is 0 Å². The third-order valence-electron chi connectivity index (χ3n) is 0. The quantitative estimate of drug-likeness (QED) is 0.408. The monoisotopic (exact) mass is 288 g/mol. The van der Waals surface area contributed by atoms with Gasteiger partial charge in [-0.2, -0.15) is 0 Å². The summed E-state index contributed by atoms with van der Waals surface area (Å²) in [6.45, 7) is 0. The molecule has 0 aromatic rings. The number of carboxylic acid groups (broad SMARTS) is 4. The second-order valence-corrected chi connectivity index (χ2v) is 0.565. The SMILES string of the molecule is O=C(O)O.O=C(O)O.[SeH2].[SeH2]. The van der Waals surface area contributed by atoms with Crippen LogP contribution in [-0.2, 0) is 0 Å². The van der Waals surface area contributed by atoms with Crippen LogP contribution in [0, 0.1) is 0 Å². The first kappa shape index (κ1) is 22.7. The zero-order valence-electron chi connectivity index (χ0n) is 4.61. The molecule has 0 rings (SSSR count). The molecule has 0 aliphatic carbocycles. The molecule has 0 atom stereocenters. The van der Waals surface area contributed by atoms with Crippen LogP contribution in [0.25, 0.3) is 0 Å². The molecule has 0 aliphatic heterocycles. The molecular weight excluding hydrogens is 278 g/mol. The molecule has 0 fully saturated rings. The Bertz CT molecular complexity index is 71.7. The average Bonchev–Trinajstić information content (AvgIpc) is 1.25. The normalized spacial score (nSPS) is 4.80. The Morgan fingerprint density at radius 2 is 0.700 bits per heavy atom. The van der Waals surface area contributed by atoms with Gasteiger partial charge in [0.1, 0.15) is 0 Å². The van der Waals surface area contributed by atoms with Crippen LogP contribution in [0.3, 0.4) is 0 Å². The fourth-order valence-corrected chi connectivity index (χ4v) is 0. The number of carbonyl (C=O) groups is 2. The first-order chi connectivity index (χ1) is 3.46. The van der Waals surface area contributed by atoms with Gasteiger partial charge in [-0.25, -0.2) is 9.59 Å². The van der Waals surface area contributed by atoms with Crippen LogP contribution in [0.1, 0.15) is 0 Å². The van der Waals surface area contributed by atoms with E-state index in [1.807, 2.05) is 0 Å². The van der Waals surface area contributed by atoms with Crippen LogP contribution < -0.4 is 0 Å². The Hall–Kier alpha value is -0.421. The van der Waals surface area contributed by atoms with Gasteiger partial charge in [-0.15, -0.1) is 0 Å². The summed E-state index contributed by atoms with van der Waals surface area (Å²) >= 11 is 0. The molecule has 0 amide bonds. The molecule has 0 unspecified atom stereocenters. The van der Waals surface area contributed by atoms with Crippen molar-refractivity contribution >= 4 is 46.4 Å². The minimum atomic E-state index is -1.83. The first-order valence-corrected chi connectivity index (χ1v) is 1.30. The molecule has 10 heavy (non-hydrogen) atoms. The van der Waals surface area contributed by atoms with Crippen molar-refractivity contribution < 1.29 is 30.0 Å². The van der Waals surface area contributed by atoms with Crippen molar-refractivity contribution in [3.8, 4) is 0 Å². The first-order valence-electron chi connectivity index (χ1n) is 1.30. The van der Waals surface area contributed by atoms with E-state index in [0.29, 0.717) is 0 Å². The van der Waals surface area contributed by atoms with Gasteiger partial charge in [-0.3, -0.25) is 0 Å². The summed E-state index contributed by atoms with van der Waals surface area (Å²) < 4.78 is 0. The van der Waals surface area contributed by atoms with E-state index >= 15 is 0 Å². The molecule has 0 aliphatic rings. The van der Waals surface area contributed by atoms with Gasteiger partial charge in [-0.1, -0.05) is 0 Å². The van der Waals surface area contributed by atoms with Crippen molar-refractivity contribution in [1.29, 1.82) is 0 Å². The van der Waals surface area contributed by atoms with Crippen molar-refractivity contribution in [2.45, 2.75) is 0 Å². The number of hydrogen-bond acceptors (Lipinski definition) is 2. The third kappa shape index (κ3) is 1850. The summed E-state index contributed by atoms with van der Waals surface area (Å²) in [5.74, 6) is 0. The van der Waals surface area contributed by atoms with Gasteiger partial charge < -0.3 is 20.4 Å². The summed E-state index contributed by atoms with van der Waals surface area (Å²) in [6, 6.07) is 0. The second kappa shape index (κ2) is 15.8. The van der Waals surface area contributed by atoms with Gasteiger partial charge in [0.15, 0.2) is 0 Å². The predicted octanol–water partition coefficient (Wildman–Crippen LogP) is -1.39. The molecule has 0 radical (unpaired) electrons. The van der Waals surface area contributed by atoms with Crippen LogP contribution in [0.2, 0.25) is 0 Å². The standard InChI is InChI=1S/2CH2O3.2H2Se/c2*2-1(3)4;;/h2*(H2,2,3,4);2*1H2. The fourth-order valence-electron chi connectivity index (χ4n) is 0. The summed E-state index contributed by atoms with van der Waals surface area (Å²) in [4.78, 5) is 17.1. The van der Waals surface area contributed by atoms with Gasteiger partial charge in [0.25, 0.3) is 0 Å². The molecule has 64 valence electrons. The maximum absolute atomic E-state index is 8.56. The van der Waals surface area contributed by atoms with E-state index in [0.717, 1.165) is 0 Å². The van der Waals surface area contributed by atoms with E-state index in [9.17, 15) is 0 Å². The van der Waals surface area contributed by atoms with Crippen LogP contribution in [0.5, 0.6) is 0 Å². The second-order valence-electron chi connectivity index (χ2n) is 0.565. The maximum atomic E-state index is 8.56. The van der Waals surface area contributed by atoms with E-state index in [-0.39, 0.29) is 34.1 Å². The van der Waals surface area contributed by atoms with Crippen LogP contribution in [-0.4, -0.2) is 66.9 Å². The van der Waals surface area contributed by atoms with Crippen LogP contribution in [0.4, 0.5) is 9.59 Å². The summed E-state index contributed by atoms with van der Waals surface area (Å²) in [6.07, 6.45) is -3.67. The molecule has 0 aromatic heterocycles. The molecule has 0 saturated heterocycles.